The second-order valence-electron chi connectivity index (χ2n) is 4.63. The van der Waals surface area contributed by atoms with Crippen LogP contribution in [0.1, 0.15) is 18.6 Å². The first-order valence-corrected chi connectivity index (χ1v) is 7.07. The summed E-state index contributed by atoms with van der Waals surface area (Å²) in [5, 5.41) is 10.2. The Morgan fingerprint density at radius 3 is 2.24 bits per heavy atom. The third-order valence-corrected chi connectivity index (χ3v) is 3.12. The first-order chi connectivity index (χ1) is 10.3. The molecule has 0 aromatic heterocycles. The van der Waals surface area contributed by atoms with Crippen LogP contribution in [0.4, 0.5) is 0 Å². The maximum absolute atomic E-state index is 10.2. The van der Waals surface area contributed by atoms with E-state index < -0.39 is 12.2 Å². The van der Waals surface area contributed by atoms with Gasteiger partial charge in [-0.15, -0.1) is 0 Å². The van der Waals surface area contributed by atoms with Gasteiger partial charge in [-0.3, -0.25) is 0 Å². The van der Waals surface area contributed by atoms with E-state index in [1.807, 2.05) is 61.5 Å². The Hall–Kier alpha value is -2.04. The van der Waals surface area contributed by atoms with Crippen LogP contribution in [0.25, 0.3) is 0 Å². The number of rotatable bonds is 7. The van der Waals surface area contributed by atoms with Crippen LogP contribution in [-0.2, 0) is 0 Å². The normalized spacial score (nSPS) is 13.5. The highest BCUT2D eigenvalue weighted by Crippen LogP contribution is 2.32. The van der Waals surface area contributed by atoms with Crippen molar-refractivity contribution in [3.8, 4) is 11.5 Å². The minimum atomic E-state index is -0.790. The van der Waals surface area contributed by atoms with Crippen molar-refractivity contribution in [3.05, 3.63) is 60.2 Å². The lowest BCUT2D eigenvalue weighted by molar-refractivity contribution is 0.0394. The van der Waals surface area contributed by atoms with E-state index in [4.69, 9.17) is 15.2 Å². The summed E-state index contributed by atoms with van der Waals surface area (Å²) in [7, 11) is 0. The lowest BCUT2D eigenvalue weighted by Crippen LogP contribution is -2.31. The number of para-hydroxylation sites is 2. The van der Waals surface area contributed by atoms with Crippen molar-refractivity contribution in [1.29, 1.82) is 0 Å². The van der Waals surface area contributed by atoms with E-state index in [1.54, 1.807) is 0 Å². The SMILES string of the molecule is CCOc1ccccc1O[C@H](c1ccccc1)[C@@H](O)CN. The molecule has 4 heteroatoms. The minimum Gasteiger partial charge on any atom is -0.490 e. The molecule has 0 unspecified atom stereocenters. The smallest absolute Gasteiger partial charge is 0.162 e. The van der Waals surface area contributed by atoms with Crippen molar-refractivity contribution in [2.75, 3.05) is 13.2 Å². The van der Waals surface area contributed by atoms with Crippen LogP contribution < -0.4 is 15.2 Å². The Balaban J connectivity index is 2.27. The Kier molecular flexibility index (Phi) is 5.60. The molecule has 4 nitrogen and oxygen atoms in total. The summed E-state index contributed by atoms with van der Waals surface area (Å²) in [5.74, 6) is 1.26. The fourth-order valence-corrected chi connectivity index (χ4v) is 2.09. The molecule has 0 heterocycles. The number of hydrogen-bond acceptors (Lipinski definition) is 4. The van der Waals surface area contributed by atoms with E-state index in [0.717, 1.165) is 5.56 Å². The second kappa shape index (κ2) is 7.67. The molecule has 0 aliphatic heterocycles. The molecule has 21 heavy (non-hydrogen) atoms. The molecular formula is C17H21NO3. The van der Waals surface area contributed by atoms with Gasteiger partial charge in [0.25, 0.3) is 0 Å². The number of hydrogen-bond donors (Lipinski definition) is 2. The van der Waals surface area contributed by atoms with E-state index in [2.05, 4.69) is 0 Å². The fourth-order valence-electron chi connectivity index (χ4n) is 2.09. The topological polar surface area (TPSA) is 64.7 Å². The van der Waals surface area contributed by atoms with Crippen LogP contribution in [-0.4, -0.2) is 24.4 Å². The molecule has 2 rings (SSSR count). The van der Waals surface area contributed by atoms with Gasteiger partial charge in [0.2, 0.25) is 0 Å². The molecule has 0 aliphatic rings. The van der Waals surface area contributed by atoms with Crippen molar-refractivity contribution < 1.29 is 14.6 Å². The van der Waals surface area contributed by atoms with Crippen LogP contribution in [0.3, 0.4) is 0 Å². The summed E-state index contributed by atoms with van der Waals surface area (Å²) in [4.78, 5) is 0. The summed E-state index contributed by atoms with van der Waals surface area (Å²) in [5.41, 5.74) is 6.48. The summed E-state index contributed by atoms with van der Waals surface area (Å²) in [6.07, 6.45) is -1.32. The average molecular weight is 287 g/mol. The van der Waals surface area contributed by atoms with Gasteiger partial charge in [-0.2, -0.15) is 0 Å². The largest absolute Gasteiger partial charge is 0.490 e. The molecule has 0 amide bonds. The number of aliphatic hydroxyl groups is 1. The molecule has 0 bridgehead atoms. The molecule has 2 aromatic rings. The van der Waals surface area contributed by atoms with Crippen LogP contribution in [0.5, 0.6) is 11.5 Å². The Labute approximate surface area is 125 Å². The van der Waals surface area contributed by atoms with Gasteiger partial charge in [0.15, 0.2) is 17.6 Å². The molecule has 0 spiro atoms. The number of nitrogens with two attached hydrogens (primary N) is 1. The highest BCUT2D eigenvalue weighted by molar-refractivity contribution is 5.40. The van der Waals surface area contributed by atoms with Crippen LogP contribution in [0.2, 0.25) is 0 Å². The minimum absolute atomic E-state index is 0.121. The van der Waals surface area contributed by atoms with Crippen molar-refractivity contribution in [2.45, 2.75) is 19.1 Å². The number of aliphatic hydroxyl groups excluding tert-OH is 1. The molecule has 0 saturated heterocycles. The maximum atomic E-state index is 10.2. The molecule has 3 N–H and O–H groups in total. The summed E-state index contributed by atoms with van der Waals surface area (Å²) >= 11 is 0. The van der Waals surface area contributed by atoms with Gasteiger partial charge in [0, 0.05) is 6.54 Å². The summed E-state index contributed by atoms with van der Waals surface area (Å²) in [6, 6.07) is 17.0. The molecule has 2 atom stereocenters. The Bertz CT molecular complexity index is 545. The lowest BCUT2D eigenvalue weighted by Gasteiger charge is -2.24. The van der Waals surface area contributed by atoms with E-state index in [-0.39, 0.29) is 6.54 Å². The van der Waals surface area contributed by atoms with Gasteiger partial charge in [-0.05, 0) is 24.6 Å². The van der Waals surface area contributed by atoms with Crippen molar-refractivity contribution in [3.63, 3.8) is 0 Å². The van der Waals surface area contributed by atoms with Gasteiger partial charge >= 0.3 is 0 Å². The van der Waals surface area contributed by atoms with Crippen LogP contribution >= 0.6 is 0 Å². The fraction of sp³-hybridized carbons (Fsp3) is 0.294. The Morgan fingerprint density at radius 2 is 1.62 bits per heavy atom. The molecule has 0 fully saturated rings. The van der Waals surface area contributed by atoms with Gasteiger partial charge < -0.3 is 20.3 Å². The molecule has 0 radical (unpaired) electrons. The van der Waals surface area contributed by atoms with Crippen molar-refractivity contribution in [2.24, 2.45) is 5.73 Å². The number of benzene rings is 2. The maximum Gasteiger partial charge on any atom is 0.162 e. The van der Waals surface area contributed by atoms with E-state index in [1.165, 1.54) is 0 Å². The zero-order valence-electron chi connectivity index (χ0n) is 12.1. The molecule has 2 aromatic carbocycles. The highest BCUT2D eigenvalue weighted by atomic mass is 16.5. The molecule has 0 saturated carbocycles. The van der Waals surface area contributed by atoms with Crippen LogP contribution in [0.15, 0.2) is 54.6 Å². The van der Waals surface area contributed by atoms with E-state index in [9.17, 15) is 5.11 Å². The van der Waals surface area contributed by atoms with Crippen molar-refractivity contribution >= 4 is 0 Å². The first kappa shape index (κ1) is 15.4. The van der Waals surface area contributed by atoms with E-state index in [0.29, 0.717) is 18.1 Å². The van der Waals surface area contributed by atoms with Gasteiger partial charge in [0.1, 0.15) is 6.10 Å². The first-order valence-electron chi connectivity index (χ1n) is 7.07. The summed E-state index contributed by atoms with van der Waals surface area (Å²) < 4.78 is 11.5. The second-order valence-corrected chi connectivity index (χ2v) is 4.63. The summed E-state index contributed by atoms with van der Waals surface area (Å²) in [6.45, 7) is 2.59. The van der Waals surface area contributed by atoms with Crippen molar-refractivity contribution in [1.82, 2.24) is 0 Å². The van der Waals surface area contributed by atoms with Gasteiger partial charge in [-0.25, -0.2) is 0 Å². The van der Waals surface area contributed by atoms with E-state index >= 15 is 0 Å². The lowest BCUT2D eigenvalue weighted by atomic mass is 10.0. The quantitative estimate of drug-likeness (QED) is 0.821. The standard InChI is InChI=1S/C17H21NO3/c1-2-20-15-10-6-7-11-16(15)21-17(14(19)12-18)13-8-4-3-5-9-13/h3-11,14,17,19H,2,12,18H2,1H3/t14-,17+/m0/s1. The van der Waals surface area contributed by atoms with Crippen LogP contribution in [0, 0.1) is 0 Å². The Morgan fingerprint density at radius 1 is 1.00 bits per heavy atom. The predicted molar refractivity (Wildman–Crippen MR) is 82.5 cm³/mol. The molecular weight excluding hydrogens is 266 g/mol. The molecule has 0 aliphatic carbocycles. The zero-order valence-corrected chi connectivity index (χ0v) is 12.1. The zero-order chi connectivity index (χ0) is 15.1. The van der Waals surface area contributed by atoms with Gasteiger partial charge in [-0.1, -0.05) is 42.5 Å². The number of ether oxygens (including phenoxy) is 2. The molecule has 112 valence electrons. The highest BCUT2D eigenvalue weighted by Gasteiger charge is 2.23. The monoisotopic (exact) mass is 287 g/mol. The predicted octanol–water partition coefficient (Wildman–Crippen LogP) is 2.52. The average Bonchev–Trinajstić information content (AvgIpc) is 2.54. The third-order valence-electron chi connectivity index (χ3n) is 3.12. The third kappa shape index (κ3) is 3.97. The van der Waals surface area contributed by atoms with Gasteiger partial charge in [0.05, 0.1) is 6.61 Å².